The van der Waals surface area contributed by atoms with Crippen LogP contribution in [0.5, 0.6) is 0 Å². The highest BCUT2D eigenvalue weighted by molar-refractivity contribution is 6.31. The zero-order valence-electron chi connectivity index (χ0n) is 12.2. The quantitative estimate of drug-likeness (QED) is 0.938. The molecule has 0 aliphatic heterocycles. The largest absolute Gasteiger partial charge is 0.337 e. The summed E-state index contributed by atoms with van der Waals surface area (Å²) in [7, 11) is 1.75. The van der Waals surface area contributed by atoms with Gasteiger partial charge in [-0.25, -0.2) is 0 Å². The van der Waals surface area contributed by atoms with Crippen molar-refractivity contribution in [3.63, 3.8) is 0 Å². The number of rotatable bonds is 4. The lowest BCUT2D eigenvalue weighted by atomic mass is 10.0. The average Bonchev–Trinajstić information content (AvgIpc) is 2.53. The maximum absolute atomic E-state index is 12.5. The van der Waals surface area contributed by atoms with E-state index in [1.807, 2.05) is 61.5 Å². The highest BCUT2D eigenvalue weighted by atomic mass is 35.5. The summed E-state index contributed by atoms with van der Waals surface area (Å²) in [5, 5.41) is 0.651. The molecule has 0 aliphatic carbocycles. The van der Waals surface area contributed by atoms with Gasteiger partial charge in [0.1, 0.15) is 6.04 Å². The monoisotopic (exact) mass is 302 g/mol. The van der Waals surface area contributed by atoms with Gasteiger partial charge in [-0.2, -0.15) is 0 Å². The predicted octanol–water partition coefficient (Wildman–Crippen LogP) is 3.56. The Hall–Kier alpha value is -1.84. The van der Waals surface area contributed by atoms with Crippen LogP contribution in [0.25, 0.3) is 0 Å². The molecule has 0 saturated heterocycles. The third-order valence-corrected chi connectivity index (χ3v) is 4.05. The van der Waals surface area contributed by atoms with Crippen molar-refractivity contribution < 1.29 is 4.79 Å². The molecule has 0 saturated carbocycles. The summed E-state index contributed by atoms with van der Waals surface area (Å²) >= 11 is 6.20. The molecule has 2 N–H and O–H groups in total. The molecule has 1 unspecified atom stereocenters. The molecule has 2 aromatic carbocycles. The van der Waals surface area contributed by atoms with Crippen LogP contribution in [0.4, 0.5) is 0 Å². The second-order valence-corrected chi connectivity index (χ2v) is 5.44. The molecule has 2 atom stereocenters. The van der Waals surface area contributed by atoms with E-state index in [1.54, 1.807) is 11.9 Å². The van der Waals surface area contributed by atoms with Crippen molar-refractivity contribution >= 4 is 17.5 Å². The van der Waals surface area contributed by atoms with E-state index in [-0.39, 0.29) is 11.9 Å². The standard InChI is InChI=1S/C17H19ClN2O/c1-12(14-10-6-7-11-15(14)18)20(2)17(21)16(19)13-8-4-3-5-9-13/h3-12,16H,19H2,1-2H3/t12?,16-/m1/s1. The zero-order valence-corrected chi connectivity index (χ0v) is 12.9. The Kier molecular flexibility index (Phi) is 4.99. The molecule has 21 heavy (non-hydrogen) atoms. The first-order valence-electron chi connectivity index (χ1n) is 6.84. The van der Waals surface area contributed by atoms with Crippen LogP contribution in [-0.2, 0) is 4.79 Å². The Balaban J connectivity index is 2.18. The minimum absolute atomic E-state index is 0.131. The molecule has 2 rings (SSSR count). The number of carbonyl (C=O) groups is 1. The fourth-order valence-electron chi connectivity index (χ4n) is 2.24. The van der Waals surface area contributed by atoms with Gasteiger partial charge in [-0.05, 0) is 24.1 Å². The number of nitrogens with two attached hydrogens (primary N) is 1. The Bertz CT molecular complexity index is 615. The van der Waals surface area contributed by atoms with Gasteiger partial charge in [-0.15, -0.1) is 0 Å². The second-order valence-electron chi connectivity index (χ2n) is 5.03. The Morgan fingerprint density at radius 1 is 1.10 bits per heavy atom. The van der Waals surface area contributed by atoms with Gasteiger partial charge in [0, 0.05) is 12.1 Å². The summed E-state index contributed by atoms with van der Waals surface area (Å²) in [6, 6.07) is 16.1. The van der Waals surface area contributed by atoms with Gasteiger partial charge in [0.25, 0.3) is 0 Å². The lowest BCUT2D eigenvalue weighted by molar-refractivity contribution is -0.133. The van der Waals surface area contributed by atoms with Crippen molar-refractivity contribution in [2.45, 2.75) is 19.0 Å². The molecule has 0 spiro atoms. The first-order chi connectivity index (χ1) is 10.0. The highest BCUT2D eigenvalue weighted by Crippen LogP contribution is 2.27. The van der Waals surface area contributed by atoms with Crippen LogP contribution in [0.1, 0.15) is 30.1 Å². The Labute approximate surface area is 130 Å². The van der Waals surface area contributed by atoms with Crippen LogP contribution in [0.2, 0.25) is 5.02 Å². The van der Waals surface area contributed by atoms with Crippen molar-refractivity contribution in [2.75, 3.05) is 7.05 Å². The van der Waals surface area contributed by atoms with Crippen molar-refractivity contribution in [3.8, 4) is 0 Å². The van der Waals surface area contributed by atoms with E-state index in [0.717, 1.165) is 11.1 Å². The van der Waals surface area contributed by atoms with Crippen LogP contribution in [0, 0.1) is 0 Å². The molecule has 0 bridgehead atoms. The van der Waals surface area contributed by atoms with E-state index >= 15 is 0 Å². The summed E-state index contributed by atoms with van der Waals surface area (Å²) in [6.45, 7) is 1.94. The number of benzene rings is 2. The molecule has 0 heterocycles. The van der Waals surface area contributed by atoms with Gasteiger partial charge in [-0.1, -0.05) is 60.1 Å². The number of amides is 1. The van der Waals surface area contributed by atoms with E-state index in [1.165, 1.54) is 0 Å². The van der Waals surface area contributed by atoms with Gasteiger partial charge >= 0.3 is 0 Å². The normalized spacial score (nSPS) is 13.5. The molecular formula is C17H19ClN2O. The number of halogens is 1. The molecule has 0 fully saturated rings. The Morgan fingerprint density at radius 2 is 1.67 bits per heavy atom. The number of hydrogen-bond donors (Lipinski definition) is 1. The van der Waals surface area contributed by atoms with E-state index < -0.39 is 6.04 Å². The summed E-state index contributed by atoms with van der Waals surface area (Å²) < 4.78 is 0. The van der Waals surface area contributed by atoms with Crippen LogP contribution >= 0.6 is 11.6 Å². The van der Waals surface area contributed by atoms with Gasteiger partial charge in [-0.3, -0.25) is 4.79 Å². The smallest absolute Gasteiger partial charge is 0.244 e. The first-order valence-corrected chi connectivity index (χ1v) is 7.21. The molecule has 2 aromatic rings. The van der Waals surface area contributed by atoms with Crippen LogP contribution < -0.4 is 5.73 Å². The van der Waals surface area contributed by atoms with Crippen molar-refractivity contribution in [1.82, 2.24) is 4.90 Å². The minimum atomic E-state index is -0.666. The molecule has 0 radical (unpaired) electrons. The third kappa shape index (κ3) is 3.43. The molecule has 3 nitrogen and oxygen atoms in total. The molecule has 1 amide bonds. The van der Waals surface area contributed by atoms with E-state index in [9.17, 15) is 4.79 Å². The lowest BCUT2D eigenvalue weighted by Gasteiger charge is -2.28. The summed E-state index contributed by atoms with van der Waals surface area (Å²) in [5.41, 5.74) is 7.79. The van der Waals surface area contributed by atoms with Crippen molar-refractivity contribution in [2.24, 2.45) is 5.73 Å². The van der Waals surface area contributed by atoms with E-state index in [2.05, 4.69) is 0 Å². The first kappa shape index (κ1) is 15.5. The minimum Gasteiger partial charge on any atom is -0.337 e. The SMILES string of the molecule is CC(c1ccccc1Cl)N(C)C(=O)[C@H](N)c1ccccc1. The van der Waals surface area contributed by atoms with Crippen LogP contribution in [0.3, 0.4) is 0 Å². The predicted molar refractivity (Wildman–Crippen MR) is 86.0 cm³/mol. The van der Waals surface area contributed by atoms with Crippen molar-refractivity contribution in [1.29, 1.82) is 0 Å². The van der Waals surface area contributed by atoms with Crippen LogP contribution in [0.15, 0.2) is 54.6 Å². The summed E-state index contributed by atoms with van der Waals surface area (Å²) in [4.78, 5) is 14.2. The highest BCUT2D eigenvalue weighted by Gasteiger charge is 2.24. The fraction of sp³-hybridized carbons (Fsp3) is 0.235. The molecule has 4 heteroatoms. The topological polar surface area (TPSA) is 46.3 Å². The number of carbonyl (C=O) groups excluding carboxylic acids is 1. The number of likely N-dealkylation sites (N-methyl/N-ethyl adjacent to an activating group) is 1. The second kappa shape index (κ2) is 6.74. The molecule has 110 valence electrons. The van der Waals surface area contributed by atoms with Crippen molar-refractivity contribution in [3.05, 3.63) is 70.7 Å². The van der Waals surface area contributed by atoms with E-state index in [0.29, 0.717) is 5.02 Å². The molecule has 0 aliphatic rings. The Morgan fingerprint density at radius 3 is 2.29 bits per heavy atom. The average molecular weight is 303 g/mol. The molecule has 0 aromatic heterocycles. The number of hydrogen-bond acceptors (Lipinski definition) is 2. The zero-order chi connectivity index (χ0) is 15.4. The van der Waals surface area contributed by atoms with Gasteiger partial charge in [0.2, 0.25) is 5.91 Å². The molecular weight excluding hydrogens is 284 g/mol. The summed E-state index contributed by atoms with van der Waals surface area (Å²) in [6.07, 6.45) is 0. The van der Waals surface area contributed by atoms with Gasteiger partial charge < -0.3 is 10.6 Å². The fourth-order valence-corrected chi connectivity index (χ4v) is 2.53. The third-order valence-electron chi connectivity index (χ3n) is 3.71. The van der Waals surface area contributed by atoms with Gasteiger partial charge in [0.05, 0.1) is 6.04 Å². The van der Waals surface area contributed by atoms with Crippen LogP contribution in [-0.4, -0.2) is 17.9 Å². The lowest BCUT2D eigenvalue weighted by Crippen LogP contribution is -2.37. The van der Waals surface area contributed by atoms with E-state index in [4.69, 9.17) is 17.3 Å². The maximum Gasteiger partial charge on any atom is 0.244 e. The number of nitrogens with zero attached hydrogens (tertiary/aromatic N) is 1. The maximum atomic E-state index is 12.5. The van der Waals surface area contributed by atoms with Gasteiger partial charge in [0.15, 0.2) is 0 Å². The summed E-state index contributed by atoms with van der Waals surface area (Å²) in [5.74, 6) is -0.131.